The zero-order valence-corrected chi connectivity index (χ0v) is 20.9. The molecule has 0 bridgehead atoms. The summed E-state index contributed by atoms with van der Waals surface area (Å²) in [6.45, 7) is 0.621. The summed E-state index contributed by atoms with van der Waals surface area (Å²) < 4.78 is 27.8. The number of piperidine rings is 1. The van der Waals surface area contributed by atoms with E-state index < -0.39 is 21.2 Å². The van der Waals surface area contributed by atoms with Gasteiger partial charge in [0.15, 0.2) is 0 Å². The highest BCUT2D eigenvalue weighted by molar-refractivity contribution is 7.89. The highest BCUT2D eigenvalue weighted by Gasteiger charge is 2.54. The van der Waals surface area contributed by atoms with E-state index in [9.17, 15) is 13.2 Å². The molecule has 3 aromatic carbocycles. The molecule has 0 saturated carbocycles. The summed E-state index contributed by atoms with van der Waals surface area (Å²) in [4.78, 5) is 13.8. The SMILES string of the molecule is O=C1NC2(CCN(S(=O)(=O)c3ccc(Cl)cc3)CC2)NC1(Cc1ccccc1)Cc1ccccc1. The van der Waals surface area contributed by atoms with Gasteiger partial charge >= 0.3 is 0 Å². The summed E-state index contributed by atoms with van der Waals surface area (Å²) in [5.74, 6) is -0.0424. The van der Waals surface area contributed by atoms with Crippen LogP contribution in [0.4, 0.5) is 0 Å². The van der Waals surface area contributed by atoms with Gasteiger partial charge in [0.05, 0.1) is 10.6 Å². The predicted molar refractivity (Wildman–Crippen MR) is 136 cm³/mol. The molecule has 35 heavy (non-hydrogen) atoms. The molecule has 1 spiro atoms. The minimum Gasteiger partial charge on any atom is -0.336 e. The first-order valence-corrected chi connectivity index (χ1v) is 13.6. The van der Waals surface area contributed by atoms with Crippen LogP contribution in [0.3, 0.4) is 0 Å². The molecule has 3 aromatic rings. The first-order valence-electron chi connectivity index (χ1n) is 11.8. The summed E-state index contributed by atoms with van der Waals surface area (Å²) in [6.07, 6.45) is 2.06. The van der Waals surface area contributed by atoms with Crippen LogP contribution in [0.15, 0.2) is 89.8 Å². The van der Waals surface area contributed by atoms with E-state index in [1.807, 2.05) is 60.7 Å². The van der Waals surface area contributed by atoms with Crippen LogP contribution in [0.1, 0.15) is 24.0 Å². The second kappa shape index (κ2) is 9.39. The Morgan fingerprint density at radius 1 is 0.800 bits per heavy atom. The number of amides is 1. The maximum atomic E-state index is 13.6. The number of carbonyl (C=O) groups excluding carboxylic acids is 1. The standard InChI is InChI=1S/C27H28ClN3O3S/c28-23-11-13-24(14-12-23)35(33,34)31-17-15-27(16-18-31)29-25(32)26(30-27,19-21-7-3-1-4-8-21)20-22-9-5-2-6-10-22/h1-14,30H,15-20H2,(H,29,32). The summed E-state index contributed by atoms with van der Waals surface area (Å²) >= 11 is 5.93. The molecule has 8 heteroatoms. The molecule has 2 heterocycles. The Kier molecular flexibility index (Phi) is 6.44. The smallest absolute Gasteiger partial charge is 0.243 e. The molecule has 0 atom stereocenters. The Bertz CT molecular complexity index is 1250. The van der Waals surface area contributed by atoms with Crippen LogP contribution in [0.2, 0.25) is 5.02 Å². The maximum Gasteiger partial charge on any atom is 0.243 e. The highest BCUT2D eigenvalue weighted by atomic mass is 35.5. The van der Waals surface area contributed by atoms with Gasteiger partial charge < -0.3 is 5.32 Å². The van der Waals surface area contributed by atoms with Crippen molar-refractivity contribution < 1.29 is 13.2 Å². The molecule has 0 aliphatic carbocycles. The van der Waals surface area contributed by atoms with E-state index in [1.165, 1.54) is 16.4 Å². The molecular weight excluding hydrogens is 482 g/mol. The van der Waals surface area contributed by atoms with Crippen LogP contribution in [0, 0.1) is 0 Å². The van der Waals surface area contributed by atoms with Crippen molar-refractivity contribution >= 4 is 27.5 Å². The number of hydrogen-bond donors (Lipinski definition) is 2. The summed E-state index contributed by atoms with van der Waals surface area (Å²) in [7, 11) is -3.63. The molecule has 182 valence electrons. The lowest BCUT2D eigenvalue weighted by atomic mass is 9.84. The summed E-state index contributed by atoms with van der Waals surface area (Å²) in [6, 6.07) is 26.2. The molecule has 0 radical (unpaired) electrons. The number of nitrogens with one attached hydrogen (secondary N) is 2. The normalized spacial score (nSPS) is 19.5. The first kappa shape index (κ1) is 24.0. The molecular formula is C27H28ClN3O3S. The number of halogens is 1. The predicted octanol–water partition coefficient (Wildman–Crippen LogP) is 3.76. The first-order chi connectivity index (χ1) is 16.8. The van der Waals surface area contributed by atoms with E-state index in [4.69, 9.17) is 11.6 Å². The monoisotopic (exact) mass is 509 g/mol. The molecule has 2 aliphatic heterocycles. The molecule has 1 amide bonds. The zero-order valence-electron chi connectivity index (χ0n) is 19.3. The van der Waals surface area contributed by atoms with Gasteiger partial charge in [0.25, 0.3) is 0 Å². The van der Waals surface area contributed by atoms with Crippen LogP contribution in [-0.2, 0) is 27.7 Å². The van der Waals surface area contributed by atoms with Gasteiger partial charge in [-0.05, 0) is 61.1 Å². The van der Waals surface area contributed by atoms with Crippen LogP contribution in [-0.4, -0.2) is 42.9 Å². The van der Waals surface area contributed by atoms with Gasteiger partial charge in [-0.1, -0.05) is 72.3 Å². The van der Waals surface area contributed by atoms with E-state index in [2.05, 4.69) is 10.6 Å². The summed E-state index contributed by atoms with van der Waals surface area (Å²) in [5.41, 5.74) is 0.684. The van der Waals surface area contributed by atoms with Crippen molar-refractivity contribution in [3.63, 3.8) is 0 Å². The van der Waals surface area contributed by atoms with Gasteiger partial charge in [-0.15, -0.1) is 0 Å². The molecule has 2 aliphatic rings. The van der Waals surface area contributed by atoms with Crippen LogP contribution in [0.25, 0.3) is 0 Å². The molecule has 2 saturated heterocycles. The zero-order chi connectivity index (χ0) is 24.5. The number of carbonyl (C=O) groups is 1. The Hall–Kier alpha value is -2.71. The lowest BCUT2D eigenvalue weighted by Gasteiger charge is -2.40. The Labute approximate surface area is 211 Å². The van der Waals surface area contributed by atoms with E-state index in [0.717, 1.165) is 11.1 Å². The third-order valence-corrected chi connectivity index (χ3v) is 9.16. The van der Waals surface area contributed by atoms with Gasteiger partial charge in [0.1, 0.15) is 5.54 Å². The molecule has 0 unspecified atom stereocenters. The number of benzene rings is 3. The van der Waals surface area contributed by atoms with E-state index in [-0.39, 0.29) is 10.8 Å². The topological polar surface area (TPSA) is 78.5 Å². The van der Waals surface area contributed by atoms with Crippen LogP contribution in [0.5, 0.6) is 0 Å². The third kappa shape index (κ3) is 4.86. The van der Waals surface area contributed by atoms with E-state index >= 15 is 0 Å². The highest BCUT2D eigenvalue weighted by Crippen LogP contribution is 2.34. The second-order valence-corrected chi connectivity index (χ2v) is 11.8. The van der Waals surface area contributed by atoms with Gasteiger partial charge in [-0.25, -0.2) is 8.42 Å². The number of rotatable bonds is 6. The Morgan fingerprint density at radius 3 is 1.83 bits per heavy atom. The third-order valence-electron chi connectivity index (χ3n) is 6.99. The van der Waals surface area contributed by atoms with Gasteiger partial charge in [0, 0.05) is 18.1 Å². The van der Waals surface area contributed by atoms with Crippen molar-refractivity contribution in [2.45, 2.75) is 41.8 Å². The van der Waals surface area contributed by atoms with Crippen molar-refractivity contribution in [1.82, 2.24) is 14.9 Å². The molecule has 2 N–H and O–H groups in total. The number of sulfonamides is 1. The average Bonchev–Trinajstić information content (AvgIpc) is 3.10. The maximum absolute atomic E-state index is 13.6. The fraction of sp³-hybridized carbons (Fsp3) is 0.296. The fourth-order valence-electron chi connectivity index (χ4n) is 5.20. The number of nitrogens with zero attached hydrogens (tertiary/aromatic N) is 1. The lowest BCUT2D eigenvalue weighted by Crippen LogP contribution is -2.60. The Morgan fingerprint density at radius 2 is 1.31 bits per heavy atom. The number of hydrogen-bond acceptors (Lipinski definition) is 4. The second-order valence-electron chi connectivity index (χ2n) is 9.43. The van der Waals surface area contributed by atoms with Gasteiger partial charge in [-0.3, -0.25) is 10.1 Å². The van der Waals surface area contributed by atoms with Crippen molar-refractivity contribution in [3.05, 3.63) is 101 Å². The van der Waals surface area contributed by atoms with E-state index in [1.54, 1.807) is 12.1 Å². The average molecular weight is 510 g/mol. The molecule has 2 fully saturated rings. The van der Waals surface area contributed by atoms with Crippen LogP contribution < -0.4 is 10.6 Å². The molecule has 6 nitrogen and oxygen atoms in total. The van der Waals surface area contributed by atoms with Gasteiger partial charge in [0.2, 0.25) is 15.9 Å². The van der Waals surface area contributed by atoms with Crippen molar-refractivity contribution in [1.29, 1.82) is 0 Å². The Balaban J connectivity index is 1.38. The summed E-state index contributed by atoms with van der Waals surface area (Å²) in [5, 5.41) is 7.41. The van der Waals surface area contributed by atoms with E-state index in [0.29, 0.717) is 43.8 Å². The van der Waals surface area contributed by atoms with Gasteiger partial charge in [-0.2, -0.15) is 4.31 Å². The minimum absolute atomic E-state index is 0.0424. The minimum atomic E-state index is -3.63. The quantitative estimate of drug-likeness (QED) is 0.530. The largest absolute Gasteiger partial charge is 0.336 e. The van der Waals surface area contributed by atoms with Crippen LogP contribution >= 0.6 is 11.6 Å². The van der Waals surface area contributed by atoms with Crippen molar-refractivity contribution in [2.75, 3.05) is 13.1 Å². The molecule has 5 rings (SSSR count). The molecule has 0 aromatic heterocycles. The fourth-order valence-corrected chi connectivity index (χ4v) is 6.76. The van der Waals surface area contributed by atoms with Crippen molar-refractivity contribution in [2.24, 2.45) is 0 Å². The lowest BCUT2D eigenvalue weighted by molar-refractivity contribution is -0.124. The van der Waals surface area contributed by atoms with Crippen molar-refractivity contribution in [3.8, 4) is 0 Å².